The average Bonchev–Trinajstić information content (AvgIpc) is 3.46. The molecule has 6 nitrogen and oxygen atoms in total. The third-order valence-corrected chi connectivity index (χ3v) is 14.2. The lowest BCUT2D eigenvalue weighted by Gasteiger charge is -2.18. The maximum Gasteiger partial charge on any atom is 0.306 e. The van der Waals surface area contributed by atoms with E-state index < -0.39 is 6.10 Å². The predicted octanol–water partition coefficient (Wildman–Crippen LogP) is 23.2. The highest BCUT2D eigenvalue weighted by molar-refractivity contribution is 5.71. The molecular formula is C74H124O6. The predicted molar refractivity (Wildman–Crippen MR) is 348 cm³/mol. The van der Waals surface area contributed by atoms with Gasteiger partial charge in [-0.1, -0.05) is 284 Å². The smallest absolute Gasteiger partial charge is 0.306 e. The van der Waals surface area contributed by atoms with E-state index in [0.29, 0.717) is 19.3 Å². The molecule has 0 radical (unpaired) electrons. The topological polar surface area (TPSA) is 78.9 Å². The molecule has 0 fully saturated rings. The van der Waals surface area contributed by atoms with Gasteiger partial charge < -0.3 is 14.2 Å². The van der Waals surface area contributed by atoms with Crippen LogP contribution in [0.2, 0.25) is 0 Å². The maximum absolute atomic E-state index is 12.9. The van der Waals surface area contributed by atoms with Crippen LogP contribution in [0.1, 0.15) is 310 Å². The van der Waals surface area contributed by atoms with Crippen LogP contribution < -0.4 is 0 Å². The summed E-state index contributed by atoms with van der Waals surface area (Å²) in [4.78, 5) is 38.4. The van der Waals surface area contributed by atoms with Gasteiger partial charge in [0.15, 0.2) is 6.10 Å². The molecule has 0 N–H and O–H groups in total. The van der Waals surface area contributed by atoms with Crippen molar-refractivity contribution >= 4 is 17.9 Å². The third-order valence-electron chi connectivity index (χ3n) is 14.2. The Hall–Kier alpha value is -4.19. The Morgan fingerprint density at radius 3 is 0.775 bits per heavy atom. The van der Waals surface area contributed by atoms with Crippen LogP contribution in [0.4, 0.5) is 0 Å². The Labute approximate surface area is 494 Å². The minimum atomic E-state index is -0.791. The Morgan fingerprint density at radius 1 is 0.263 bits per heavy atom. The van der Waals surface area contributed by atoms with Gasteiger partial charge in [-0.25, -0.2) is 0 Å². The number of carbonyl (C=O) groups excluding carboxylic acids is 3. The molecule has 0 heterocycles. The summed E-state index contributed by atoms with van der Waals surface area (Å²) < 4.78 is 17.0. The molecule has 80 heavy (non-hydrogen) atoms. The first-order chi connectivity index (χ1) is 39.5. The van der Waals surface area contributed by atoms with Crippen LogP contribution >= 0.6 is 0 Å². The first kappa shape index (κ1) is 75.8. The number of allylic oxidation sites excluding steroid dienone is 20. The van der Waals surface area contributed by atoms with Gasteiger partial charge >= 0.3 is 17.9 Å². The molecule has 0 saturated carbocycles. The minimum Gasteiger partial charge on any atom is -0.462 e. The van der Waals surface area contributed by atoms with Gasteiger partial charge in [0.2, 0.25) is 0 Å². The zero-order valence-electron chi connectivity index (χ0n) is 52.3. The van der Waals surface area contributed by atoms with Crippen LogP contribution in [0, 0.1) is 0 Å². The SMILES string of the molecule is CC/C=C\C/C=C\C/C=C\C/C=C\C/C=C\CCCCCCCCCCCC(=O)OCC(COC(=O)CCCCCCC/C=C\CCCCCCC)OC(=O)CCCCCCCCCCCC/C=C\C/C=C\C/C=C\C/C=C\CC. The number of unbranched alkanes of at least 4 members (excludes halogenated alkanes) is 29. The largest absolute Gasteiger partial charge is 0.462 e. The Bertz CT molecular complexity index is 1650. The molecule has 0 aliphatic heterocycles. The molecular weight excluding hydrogens is 985 g/mol. The minimum absolute atomic E-state index is 0.0866. The molecule has 0 amide bonds. The van der Waals surface area contributed by atoms with E-state index in [4.69, 9.17) is 14.2 Å². The molecule has 1 atom stereocenters. The average molecular weight is 1110 g/mol. The monoisotopic (exact) mass is 1110 g/mol. The van der Waals surface area contributed by atoms with Gasteiger partial charge in [-0.2, -0.15) is 0 Å². The van der Waals surface area contributed by atoms with Crippen molar-refractivity contribution in [2.75, 3.05) is 13.2 Å². The molecule has 1 unspecified atom stereocenters. The van der Waals surface area contributed by atoms with Gasteiger partial charge in [0.25, 0.3) is 0 Å². The van der Waals surface area contributed by atoms with E-state index in [2.05, 4.69) is 142 Å². The highest BCUT2D eigenvalue weighted by atomic mass is 16.6. The molecule has 0 aromatic carbocycles. The van der Waals surface area contributed by atoms with Crippen LogP contribution in [0.5, 0.6) is 0 Å². The van der Waals surface area contributed by atoms with Gasteiger partial charge in [-0.3, -0.25) is 14.4 Å². The van der Waals surface area contributed by atoms with E-state index >= 15 is 0 Å². The number of hydrogen-bond donors (Lipinski definition) is 0. The summed E-state index contributed by atoms with van der Waals surface area (Å²) >= 11 is 0. The lowest BCUT2D eigenvalue weighted by molar-refractivity contribution is -0.167. The molecule has 0 bridgehead atoms. The number of carbonyl (C=O) groups is 3. The zero-order chi connectivity index (χ0) is 57.8. The second kappa shape index (κ2) is 67.3. The number of hydrogen-bond acceptors (Lipinski definition) is 6. The summed E-state index contributed by atoms with van der Waals surface area (Å²) in [7, 11) is 0. The van der Waals surface area contributed by atoms with Crippen molar-refractivity contribution < 1.29 is 28.6 Å². The van der Waals surface area contributed by atoms with E-state index in [1.165, 1.54) is 141 Å². The highest BCUT2D eigenvalue weighted by Crippen LogP contribution is 2.16. The number of esters is 3. The summed E-state index contributed by atoms with van der Waals surface area (Å²) in [5.41, 5.74) is 0. The Morgan fingerprint density at radius 2 is 0.487 bits per heavy atom. The van der Waals surface area contributed by atoms with Crippen molar-refractivity contribution in [3.05, 3.63) is 122 Å². The molecule has 0 aromatic rings. The second-order valence-corrected chi connectivity index (χ2v) is 22.0. The van der Waals surface area contributed by atoms with Crippen LogP contribution in [0.25, 0.3) is 0 Å². The van der Waals surface area contributed by atoms with E-state index in [9.17, 15) is 14.4 Å². The third kappa shape index (κ3) is 64.6. The molecule has 0 aliphatic rings. The molecule has 456 valence electrons. The summed E-state index contributed by atoms with van der Waals surface area (Å²) in [6.45, 7) is 6.41. The fraction of sp³-hybridized carbons (Fsp3) is 0.689. The normalized spacial score (nSPS) is 12.9. The number of rotatable bonds is 60. The van der Waals surface area contributed by atoms with Gasteiger partial charge in [0, 0.05) is 19.3 Å². The quantitative estimate of drug-likeness (QED) is 0.0261. The fourth-order valence-electron chi connectivity index (χ4n) is 9.22. The van der Waals surface area contributed by atoms with Crippen LogP contribution in [0.15, 0.2) is 122 Å². The molecule has 0 aromatic heterocycles. The summed E-state index contributed by atoms with van der Waals surface area (Å²) in [5, 5.41) is 0. The van der Waals surface area contributed by atoms with E-state index in [1.807, 2.05) is 0 Å². The van der Waals surface area contributed by atoms with E-state index in [1.54, 1.807) is 0 Å². The van der Waals surface area contributed by atoms with Crippen LogP contribution in [0.3, 0.4) is 0 Å². The van der Waals surface area contributed by atoms with Gasteiger partial charge in [-0.05, 0) is 128 Å². The van der Waals surface area contributed by atoms with Gasteiger partial charge in [-0.15, -0.1) is 0 Å². The van der Waals surface area contributed by atoms with Crippen LogP contribution in [-0.4, -0.2) is 37.2 Å². The van der Waals surface area contributed by atoms with Crippen LogP contribution in [-0.2, 0) is 28.6 Å². The summed E-state index contributed by atoms with van der Waals surface area (Å²) in [6, 6.07) is 0. The van der Waals surface area contributed by atoms with E-state index in [0.717, 1.165) is 128 Å². The van der Waals surface area contributed by atoms with Gasteiger partial charge in [0.1, 0.15) is 13.2 Å². The van der Waals surface area contributed by atoms with Crippen molar-refractivity contribution in [1.82, 2.24) is 0 Å². The first-order valence-electron chi connectivity index (χ1n) is 33.5. The molecule has 0 aliphatic carbocycles. The fourth-order valence-corrected chi connectivity index (χ4v) is 9.22. The van der Waals surface area contributed by atoms with Crippen molar-refractivity contribution in [3.63, 3.8) is 0 Å². The number of ether oxygens (including phenoxy) is 3. The standard InChI is InChI=1S/C74H124O6/c1-4-7-10-13-16-19-22-25-28-30-32-34-36-37-39-40-42-44-46-49-52-55-58-61-64-67-73(76)79-70-71(69-78-72(75)66-63-60-57-54-51-48-27-24-21-18-15-12-9-6-3)80-74(77)68-65-62-59-56-53-50-47-45-43-41-38-35-33-31-29-26-23-20-17-14-11-8-5-2/h7-8,10-11,16-17,19-20,24-29,32-35,37,39,71H,4-6,9,12-15,18,21-23,30-31,36,38,40-70H2,1-3H3/b10-7-,11-8-,19-16-,20-17-,27-24-,28-25-,29-26-,34-32-,35-33-,39-37-. The van der Waals surface area contributed by atoms with Gasteiger partial charge in [0.05, 0.1) is 0 Å². The van der Waals surface area contributed by atoms with Crippen molar-refractivity contribution in [2.45, 2.75) is 316 Å². The first-order valence-corrected chi connectivity index (χ1v) is 33.5. The lowest BCUT2D eigenvalue weighted by Crippen LogP contribution is -2.30. The summed E-state index contributed by atoms with van der Waals surface area (Å²) in [5.74, 6) is -0.897. The lowest BCUT2D eigenvalue weighted by atomic mass is 10.0. The zero-order valence-corrected chi connectivity index (χ0v) is 52.3. The van der Waals surface area contributed by atoms with E-state index in [-0.39, 0.29) is 31.1 Å². The second-order valence-electron chi connectivity index (χ2n) is 22.0. The highest BCUT2D eigenvalue weighted by Gasteiger charge is 2.19. The molecule has 6 heteroatoms. The molecule has 0 rings (SSSR count). The van der Waals surface area contributed by atoms with Crippen molar-refractivity contribution in [2.24, 2.45) is 0 Å². The maximum atomic E-state index is 12.9. The molecule has 0 spiro atoms. The Kier molecular flexibility index (Phi) is 63.8. The van der Waals surface area contributed by atoms with Crippen molar-refractivity contribution in [1.29, 1.82) is 0 Å². The summed E-state index contributed by atoms with van der Waals surface area (Å²) in [6.07, 6.45) is 93.5. The Balaban J connectivity index is 4.37. The van der Waals surface area contributed by atoms with Crippen molar-refractivity contribution in [3.8, 4) is 0 Å². The molecule has 0 saturated heterocycles.